The lowest BCUT2D eigenvalue weighted by Gasteiger charge is -2.09. The predicted octanol–water partition coefficient (Wildman–Crippen LogP) is 2.72. The number of carbonyl (C=O) groups excluding carboxylic acids is 1. The highest BCUT2D eigenvalue weighted by molar-refractivity contribution is 7.99. The van der Waals surface area contributed by atoms with Crippen LogP contribution < -0.4 is 5.32 Å². The van der Waals surface area contributed by atoms with Crippen molar-refractivity contribution in [1.82, 2.24) is 34.7 Å². The Morgan fingerprint density at radius 2 is 1.90 bits per heavy atom. The molecule has 0 atom stereocenters. The summed E-state index contributed by atoms with van der Waals surface area (Å²) in [5.74, 6) is 1.68. The van der Waals surface area contributed by atoms with Crippen molar-refractivity contribution >= 4 is 23.3 Å². The number of aromatic nitrogens is 6. The first kappa shape index (κ1) is 19.1. The smallest absolute Gasteiger partial charge is 0.230 e. The monoisotopic (exact) mass is 407 g/mol. The van der Waals surface area contributed by atoms with Crippen molar-refractivity contribution in [3.63, 3.8) is 0 Å². The average Bonchev–Trinajstić information content (AvgIpc) is 3.34. The van der Waals surface area contributed by atoms with Gasteiger partial charge in [-0.25, -0.2) is 0 Å². The van der Waals surface area contributed by atoms with Gasteiger partial charge in [0.05, 0.1) is 12.3 Å². The van der Waals surface area contributed by atoms with Crippen LogP contribution in [0.25, 0.3) is 17.0 Å². The number of fused-ring (bicyclic) bond motifs is 1. The number of nitrogens with one attached hydrogen (secondary N) is 1. The number of thioether (sulfide) groups is 1. The molecule has 0 unspecified atom stereocenters. The maximum atomic E-state index is 12.3. The second kappa shape index (κ2) is 8.44. The molecule has 1 aromatic carbocycles. The van der Waals surface area contributed by atoms with E-state index in [1.807, 2.05) is 58.5 Å². The summed E-state index contributed by atoms with van der Waals surface area (Å²) >= 11 is 1.38. The van der Waals surface area contributed by atoms with E-state index in [0.717, 1.165) is 34.3 Å². The highest BCUT2D eigenvalue weighted by Crippen LogP contribution is 2.26. The van der Waals surface area contributed by atoms with Crippen molar-refractivity contribution in [3.05, 3.63) is 60.0 Å². The summed E-state index contributed by atoms with van der Waals surface area (Å²) < 4.78 is 3.89. The number of carbonyl (C=O) groups is 1. The molecule has 0 saturated carbocycles. The van der Waals surface area contributed by atoms with Crippen LogP contribution in [0.4, 0.5) is 0 Å². The third-order valence-electron chi connectivity index (χ3n) is 4.58. The van der Waals surface area contributed by atoms with E-state index < -0.39 is 0 Å². The first-order valence-corrected chi connectivity index (χ1v) is 10.3. The molecule has 0 aliphatic rings. The Labute approximate surface area is 172 Å². The molecule has 0 aliphatic heterocycles. The minimum Gasteiger partial charge on any atom is -0.348 e. The molecule has 1 N–H and O–H groups in total. The van der Waals surface area contributed by atoms with Crippen LogP contribution in [0.15, 0.2) is 53.8 Å². The third-order valence-corrected chi connectivity index (χ3v) is 5.55. The van der Waals surface area contributed by atoms with Crippen LogP contribution in [-0.4, -0.2) is 41.0 Å². The minimum atomic E-state index is -0.0919. The van der Waals surface area contributed by atoms with Crippen LogP contribution in [0.1, 0.15) is 18.3 Å². The van der Waals surface area contributed by atoms with E-state index in [-0.39, 0.29) is 11.7 Å². The molecule has 9 heteroatoms. The number of rotatable bonds is 7. The Hall–Kier alpha value is -3.20. The maximum Gasteiger partial charge on any atom is 0.230 e. The largest absolute Gasteiger partial charge is 0.348 e. The van der Waals surface area contributed by atoms with Crippen LogP contribution in [0, 0.1) is 6.92 Å². The number of aryl methyl sites for hydroxylation is 1. The summed E-state index contributed by atoms with van der Waals surface area (Å²) in [7, 11) is 0. The molecule has 29 heavy (non-hydrogen) atoms. The van der Waals surface area contributed by atoms with E-state index >= 15 is 0 Å². The Balaban J connectivity index is 1.40. The highest BCUT2D eigenvalue weighted by atomic mass is 32.2. The molecular weight excluding hydrogens is 386 g/mol. The third kappa shape index (κ3) is 4.00. The predicted molar refractivity (Wildman–Crippen MR) is 111 cm³/mol. The SMILES string of the molecule is CCn1c(SCC(=O)NCc2nnc3ccccn23)nnc1-c1ccccc1C. The lowest BCUT2D eigenvalue weighted by atomic mass is 10.1. The van der Waals surface area contributed by atoms with Gasteiger partial charge in [0.2, 0.25) is 5.91 Å². The zero-order valence-electron chi connectivity index (χ0n) is 16.2. The molecular formula is C20H21N7OS. The molecule has 0 fully saturated rings. The zero-order valence-corrected chi connectivity index (χ0v) is 17.1. The molecule has 0 spiro atoms. The summed E-state index contributed by atoms with van der Waals surface area (Å²) in [4.78, 5) is 12.3. The number of benzene rings is 1. The van der Waals surface area contributed by atoms with Crippen molar-refractivity contribution < 1.29 is 4.79 Å². The van der Waals surface area contributed by atoms with E-state index in [0.29, 0.717) is 12.4 Å². The van der Waals surface area contributed by atoms with Crippen molar-refractivity contribution in [1.29, 1.82) is 0 Å². The van der Waals surface area contributed by atoms with Crippen molar-refractivity contribution in [2.45, 2.75) is 32.1 Å². The Morgan fingerprint density at radius 3 is 2.72 bits per heavy atom. The van der Waals surface area contributed by atoms with Crippen LogP contribution in [-0.2, 0) is 17.9 Å². The molecule has 4 aromatic rings. The Morgan fingerprint density at radius 1 is 1.07 bits per heavy atom. The van der Waals surface area contributed by atoms with Crippen LogP contribution >= 0.6 is 11.8 Å². The molecule has 148 valence electrons. The van der Waals surface area contributed by atoms with Crippen molar-refractivity contribution in [2.75, 3.05) is 5.75 Å². The van der Waals surface area contributed by atoms with Gasteiger partial charge in [-0.2, -0.15) is 0 Å². The van der Waals surface area contributed by atoms with Crippen molar-refractivity contribution in [2.24, 2.45) is 0 Å². The van der Waals surface area contributed by atoms with E-state index in [9.17, 15) is 4.79 Å². The van der Waals surface area contributed by atoms with E-state index in [1.165, 1.54) is 11.8 Å². The van der Waals surface area contributed by atoms with E-state index in [1.54, 1.807) is 0 Å². The van der Waals surface area contributed by atoms with Crippen LogP contribution in [0.3, 0.4) is 0 Å². The molecule has 0 radical (unpaired) electrons. The standard InChI is InChI=1S/C20H21N7OS/c1-3-26-19(15-9-5-4-8-14(15)2)24-25-20(26)29-13-18(28)21-12-17-23-22-16-10-6-7-11-27(16)17/h4-11H,3,12-13H2,1-2H3,(H,21,28). The summed E-state index contributed by atoms with van der Waals surface area (Å²) in [5, 5.41) is 20.5. The first-order valence-electron chi connectivity index (χ1n) is 9.34. The van der Waals surface area contributed by atoms with Gasteiger partial charge >= 0.3 is 0 Å². The molecule has 8 nitrogen and oxygen atoms in total. The molecule has 4 rings (SSSR count). The fourth-order valence-corrected chi connectivity index (χ4v) is 3.91. The summed E-state index contributed by atoms with van der Waals surface area (Å²) in [5.41, 5.74) is 2.95. The molecule has 0 aliphatic carbocycles. The lowest BCUT2D eigenvalue weighted by molar-refractivity contribution is -0.118. The topological polar surface area (TPSA) is 90.0 Å². The number of nitrogens with zero attached hydrogens (tertiary/aromatic N) is 6. The molecule has 3 aromatic heterocycles. The fourth-order valence-electron chi connectivity index (χ4n) is 3.07. The van der Waals surface area contributed by atoms with Gasteiger partial charge in [-0.15, -0.1) is 20.4 Å². The average molecular weight is 408 g/mol. The second-order valence-corrected chi connectivity index (χ2v) is 7.42. The van der Waals surface area contributed by atoms with Gasteiger partial charge < -0.3 is 9.88 Å². The van der Waals surface area contributed by atoms with Gasteiger partial charge in [0.1, 0.15) is 0 Å². The molecule has 0 saturated heterocycles. The fraction of sp³-hybridized carbons (Fsp3) is 0.250. The van der Waals surface area contributed by atoms with Gasteiger partial charge in [0.15, 0.2) is 22.5 Å². The number of pyridine rings is 1. The van der Waals surface area contributed by atoms with Gasteiger partial charge in [-0.1, -0.05) is 42.1 Å². The quantitative estimate of drug-likeness (QED) is 0.474. The highest BCUT2D eigenvalue weighted by Gasteiger charge is 2.16. The summed E-state index contributed by atoms with van der Waals surface area (Å²) in [6, 6.07) is 13.8. The van der Waals surface area contributed by atoms with E-state index in [4.69, 9.17) is 0 Å². The van der Waals surface area contributed by atoms with Gasteiger partial charge in [-0.05, 0) is 31.5 Å². The number of hydrogen-bond acceptors (Lipinski definition) is 6. The second-order valence-electron chi connectivity index (χ2n) is 6.48. The number of hydrogen-bond donors (Lipinski definition) is 1. The summed E-state index contributed by atoms with van der Waals surface area (Å²) in [6.45, 7) is 5.15. The summed E-state index contributed by atoms with van der Waals surface area (Å²) in [6.07, 6.45) is 1.88. The maximum absolute atomic E-state index is 12.3. The van der Waals surface area contributed by atoms with E-state index in [2.05, 4.69) is 38.7 Å². The molecule has 1 amide bonds. The van der Waals surface area contributed by atoms with Crippen LogP contribution in [0.5, 0.6) is 0 Å². The normalized spacial score (nSPS) is 11.1. The van der Waals surface area contributed by atoms with Gasteiger partial charge in [0.25, 0.3) is 0 Å². The molecule has 3 heterocycles. The lowest BCUT2D eigenvalue weighted by Crippen LogP contribution is -2.25. The Bertz CT molecular complexity index is 1150. The number of amides is 1. The molecule has 0 bridgehead atoms. The zero-order chi connectivity index (χ0) is 20.2. The first-order chi connectivity index (χ1) is 14.2. The Kier molecular flexibility index (Phi) is 5.57. The van der Waals surface area contributed by atoms with Crippen molar-refractivity contribution in [3.8, 4) is 11.4 Å². The minimum absolute atomic E-state index is 0.0919. The van der Waals surface area contributed by atoms with Crippen LogP contribution in [0.2, 0.25) is 0 Å². The van der Waals surface area contributed by atoms with Gasteiger partial charge in [-0.3, -0.25) is 9.20 Å². The van der Waals surface area contributed by atoms with Gasteiger partial charge in [0, 0.05) is 18.3 Å².